The topological polar surface area (TPSA) is 133 Å². The van der Waals surface area contributed by atoms with Gasteiger partial charge in [-0.2, -0.15) is 10.2 Å². The maximum Gasteiger partial charge on any atom is 0.266 e. The first-order valence-electron chi connectivity index (χ1n) is 8.50. The van der Waals surface area contributed by atoms with E-state index in [4.69, 9.17) is 27.7 Å². The van der Waals surface area contributed by atoms with Crippen molar-refractivity contribution in [3.63, 3.8) is 0 Å². The van der Waals surface area contributed by atoms with Gasteiger partial charge in [0.15, 0.2) is 5.11 Å². The van der Waals surface area contributed by atoms with E-state index in [9.17, 15) is 4.79 Å². The lowest BCUT2D eigenvalue weighted by Crippen LogP contribution is -2.35. The minimum absolute atomic E-state index is 0.0661. The fraction of sp³-hybridized carbons (Fsp3) is 0.353. The summed E-state index contributed by atoms with van der Waals surface area (Å²) in [4.78, 5) is 17.9. The largest absolute Gasteiger partial charge is 0.370 e. The standard InChI is InChI=1S/C17H19N7O2S/c18-10-11-5-1-2-6-12(11)20-17(27)21-13(9-14(19)25)15-22-16(23-26-15)24-7-3-4-8-24/h1-2,5-6,13H,3-4,7-9H2,(H2,19,25)(H2,20,21,27)/t13-/m0/s1. The van der Waals surface area contributed by atoms with E-state index in [-0.39, 0.29) is 17.4 Å². The summed E-state index contributed by atoms with van der Waals surface area (Å²) in [6, 6.07) is 8.36. The van der Waals surface area contributed by atoms with E-state index in [0.29, 0.717) is 17.2 Å². The van der Waals surface area contributed by atoms with Gasteiger partial charge in [-0.15, -0.1) is 0 Å². The lowest BCUT2D eigenvalue weighted by atomic mass is 10.2. The second-order valence-electron chi connectivity index (χ2n) is 6.11. The second-order valence-corrected chi connectivity index (χ2v) is 6.51. The molecule has 0 saturated carbocycles. The molecular formula is C17H19N7O2S. The predicted octanol–water partition coefficient (Wildman–Crippen LogP) is 1.44. The molecule has 10 heteroatoms. The predicted molar refractivity (Wildman–Crippen MR) is 103 cm³/mol. The van der Waals surface area contributed by atoms with Crippen LogP contribution in [-0.2, 0) is 4.79 Å². The summed E-state index contributed by atoms with van der Waals surface area (Å²) in [5.74, 6) is 0.189. The van der Waals surface area contributed by atoms with Crippen molar-refractivity contribution in [3.05, 3.63) is 35.7 Å². The summed E-state index contributed by atoms with van der Waals surface area (Å²) < 4.78 is 5.32. The summed E-state index contributed by atoms with van der Waals surface area (Å²) in [7, 11) is 0. The molecule has 4 N–H and O–H groups in total. The van der Waals surface area contributed by atoms with Crippen LogP contribution in [0.15, 0.2) is 28.8 Å². The average molecular weight is 385 g/mol. The first-order chi connectivity index (χ1) is 13.1. The number of nitrogens with two attached hydrogens (primary N) is 1. The number of carbonyl (C=O) groups is 1. The number of nitrogens with one attached hydrogen (secondary N) is 2. The van der Waals surface area contributed by atoms with Crippen LogP contribution in [0, 0.1) is 11.3 Å². The molecule has 1 amide bonds. The van der Waals surface area contributed by atoms with Crippen LogP contribution in [0.2, 0.25) is 0 Å². The zero-order chi connectivity index (χ0) is 19.2. The number of nitriles is 1. The summed E-state index contributed by atoms with van der Waals surface area (Å²) in [5.41, 5.74) is 6.35. The highest BCUT2D eigenvalue weighted by molar-refractivity contribution is 7.80. The van der Waals surface area contributed by atoms with Crippen LogP contribution in [0.25, 0.3) is 0 Å². The monoisotopic (exact) mass is 385 g/mol. The van der Waals surface area contributed by atoms with Crippen molar-refractivity contribution in [1.29, 1.82) is 5.26 Å². The average Bonchev–Trinajstić information content (AvgIpc) is 3.32. The Kier molecular flexibility index (Phi) is 5.83. The van der Waals surface area contributed by atoms with Crippen LogP contribution in [0.3, 0.4) is 0 Å². The third-order valence-corrected chi connectivity index (χ3v) is 4.34. The minimum Gasteiger partial charge on any atom is -0.370 e. The van der Waals surface area contributed by atoms with Gasteiger partial charge in [-0.05, 0) is 42.3 Å². The number of nitrogens with zero attached hydrogens (tertiary/aromatic N) is 4. The van der Waals surface area contributed by atoms with Crippen molar-refractivity contribution in [3.8, 4) is 6.07 Å². The van der Waals surface area contributed by atoms with Gasteiger partial charge in [-0.25, -0.2) is 0 Å². The Morgan fingerprint density at radius 3 is 2.85 bits per heavy atom. The smallest absolute Gasteiger partial charge is 0.266 e. The number of thiocarbonyl (C=S) groups is 1. The van der Waals surface area contributed by atoms with Crippen molar-refractivity contribution in [2.45, 2.75) is 25.3 Å². The second kappa shape index (κ2) is 8.46. The summed E-state index contributed by atoms with van der Waals surface area (Å²) in [5, 5.41) is 19.3. The summed E-state index contributed by atoms with van der Waals surface area (Å²) >= 11 is 5.30. The number of anilines is 2. The molecule has 1 aliphatic heterocycles. The molecule has 0 aliphatic carbocycles. The Balaban J connectivity index is 1.72. The number of benzene rings is 1. The molecule has 0 spiro atoms. The highest BCUT2D eigenvalue weighted by Crippen LogP contribution is 2.21. The molecule has 0 bridgehead atoms. The number of aromatic nitrogens is 2. The molecule has 2 heterocycles. The van der Waals surface area contributed by atoms with Gasteiger partial charge in [0.1, 0.15) is 12.1 Å². The molecule has 1 aromatic heterocycles. The van der Waals surface area contributed by atoms with Crippen molar-refractivity contribution < 1.29 is 9.32 Å². The third-order valence-electron chi connectivity index (χ3n) is 4.12. The van der Waals surface area contributed by atoms with Crippen molar-refractivity contribution in [2.75, 3.05) is 23.3 Å². The van der Waals surface area contributed by atoms with Crippen molar-refractivity contribution in [1.82, 2.24) is 15.5 Å². The minimum atomic E-state index is -0.666. The van der Waals surface area contributed by atoms with Crippen LogP contribution >= 0.6 is 12.2 Å². The lowest BCUT2D eigenvalue weighted by Gasteiger charge is -2.17. The summed E-state index contributed by atoms with van der Waals surface area (Å²) in [6.45, 7) is 1.75. The molecule has 3 rings (SSSR count). The van der Waals surface area contributed by atoms with E-state index in [1.165, 1.54) is 0 Å². The summed E-state index contributed by atoms with van der Waals surface area (Å²) in [6.07, 6.45) is 2.10. The van der Waals surface area contributed by atoms with Gasteiger partial charge in [-0.1, -0.05) is 12.1 Å². The molecule has 27 heavy (non-hydrogen) atoms. The first-order valence-corrected chi connectivity index (χ1v) is 8.91. The van der Waals surface area contributed by atoms with Crippen LogP contribution in [0.1, 0.15) is 36.8 Å². The maximum absolute atomic E-state index is 11.5. The van der Waals surface area contributed by atoms with Crippen LogP contribution < -0.4 is 21.3 Å². The van der Waals surface area contributed by atoms with Crippen LogP contribution in [-0.4, -0.2) is 34.2 Å². The zero-order valence-electron chi connectivity index (χ0n) is 14.5. The Hall–Kier alpha value is -3.19. The van der Waals surface area contributed by atoms with Gasteiger partial charge < -0.3 is 25.8 Å². The number of rotatable bonds is 6. The van der Waals surface area contributed by atoms with Crippen molar-refractivity contribution >= 4 is 34.9 Å². The van der Waals surface area contributed by atoms with E-state index in [1.807, 2.05) is 4.90 Å². The molecule has 1 aliphatic rings. The molecule has 140 valence electrons. The lowest BCUT2D eigenvalue weighted by molar-refractivity contribution is -0.118. The Bertz CT molecular complexity index is 870. The van der Waals surface area contributed by atoms with Gasteiger partial charge >= 0.3 is 0 Å². The van der Waals surface area contributed by atoms with Gasteiger partial charge in [0.2, 0.25) is 5.91 Å². The van der Waals surface area contributed by atoms with E-state index >= 15 is 0 Å². The fourth-order valence-corrected chi connectivity index (χ4v) is 3.07. The number of carbonyl (C=O) groups excluding carboxylic acids is 1. The first kappa shape index (κ1) is 18.6. The highest BCUT2D eigenvalue weighted by atomic mass is 32.1. The molecule has 0 radical (unpaired) electrons. The van der Waals surface area contributed by atoms with E-state index in [2.05, 4.69) is 26.8 Å². The number of primary amides is 1. The molecule has 1 fully saturated rings. The SMILES string of the molecule is N#Cc1ccccc1NC(=S)N[C@@H](CC(N)=O)c1nc(N2CCCC2)no1. The van der Waals surface area contributed by atoms with Crippen LogP contribution in [0.4, 0.5) is 11.6 Å². The normalized spacial score (nSPS) is 14.4. The quantitative estimate of drug-likeness (QED) is 0.632. The van der Waals surface area contributed by atoms with Gasteiger partial charge in [0.05, 0.1) is 17.7 Å². The Morgan fingerprint density at radius 2 is 2.15 bits per heavy atom. The molecule has 1 atom stereocenters. The Morgan fingerprint density at radius 1 is 1.41 bits per heavy atom. The van der Waals surface area contributed by atoms with Crippen molar-refractivity contribution in [2.24, 2.45) is 5.73 Å². The highest BCUT2D eigenvalue weighted by Gasteiger charge is 2.25. The van der Waals surface area contributed by atoms with Gasteiger partial charge in [0.25, 0.3) is 11.8 Å². The van der Waals surface area contributed by atoms with E-state index < -0.39 is 11.9 Å². The maximum atomic E-state index is 11.5. The zero-order valence-corrected chi connectivity index (χ0v) is 15.3. The number of hydrogen-bond acceptors (Lipinski definition) is 7. The molecule has 1 saturated heterocycles. The molecule has 2 aromatic rings. The molecule has 1 aromatic carbocycles. The third kappa shape index (κ3) is 4.71. The number of amides is 1. The molecular weight excluding hydrogens is 366 g/mol. The molecule has 0 unspecified atom stereocenters. The fourth-order valence-electron chi connectivity index (χ4n) is 2.82. The van der Waals surface area contributed by atoms with Gasteiger partial charge in [-0.3, -0.25) is 4.79 Å². The Labute approximate surface area is 161 Å². The van der Waals surface area contributed by atoms with E-state index in [0.717, 1.165) is 25.9 Å². The van der Waals surface area contributed by atoms with Crippen LogP contribution in [0.5, 0.6) is 0 Å². The molecule has 9 nitrogen and oxygen atoms in total. The number of para-hydroxylation sites is 1. The number of hydrogen-bond donors (Lipinski definition) is 3. The van der Waals surface area contributed by atoms with E-state index in [1.54, 1.807) is 24.3 Å². The van der Waals surface area contributed by atoms with Gasteiger partial charge in [0, 0.05) is 13.1 Å².